The lowest BCUT2D eigenvalue weighted by Crippen LogP contribution is -2.40. The molecule has 0 radical (unpaired) electrons. The van der Waals surface area contributed by atoms with Gasteiger partial charge in [-0.1, -0.05) is 36.3 Å². The zero-order valence-corrected chi connectivity index (χ0v) is 26.9. The highest BCUT2D eigenvalue weighted by Gasteiger charge is 2.36. The number of allylic oxidation sites excluding steroid dienone is 1. The summed E-state index contributed by atoms with van der Waals surface area (Å²) in [6.45, 7) is 3.87. The standard InChI is InChI=1S/C33H31ClN2O8S/c1-6-8-24-28(32(39)43-7-2)29(23-16-19(40-3)10-13-25(23)41-4)36-30(37)27(45-33(36)35-24)17-20-11-14-26(44-20)22-15-18(34)9-12-21(22)31(38)42-5/h9-17,29H,6-8H2,1-5H3/b27-17-/t29-/m1/s1. The molecular weight excluding hydrogens is 620 g/mol. The van der Waals surface area contributed by atoms with Gasteiger partial charge >= 0.3 is 11.9 Å². The van der Waals surface area contributed by atoms with E-state index in [1.165, 1.54) is 37.2 Å². The second kappa shape index (κ2) is 13.6. The Morgan fingerprint density at radius 2 is 1.84 bits per heavy atom. The summed E-state index contributed by atoms with van der Waals surface area (Å²) in [6.07, 6.45) is 2.80. The van der Waals surface area contributed by atoms with Gasteiger partial charge in [-0.2, -0.15) is 0 Å². The number of benzene rings is 2. The van der Waals surface area contributed by atoms with E-state index in [2.05, 4.69) is 0 Å². The van der Waals surface area contributed by atoms with E-state index < -0.39 is 18.0 Å². The molecule has 10 nitrogen and oxygen atoms in total. The molecule has 0 saturated heterocycles. The van der Waals surface area contributed by atoms with Gasteiger partial charge in [0.2, 0.25) is 0 Å². The molecule has 1 atom stereocenters. The fraction of sp³-hybridized carbons (Fsp3) is 0.273. The number of fused-ring (bicyclic) bond motifs is 1. The summed E-state index contributed by atoms with van der Waals surface area (Å²) >= 11 is 7.38. The van der Waals surface area contributed by atoms with Gasteiger partial charge in [0.25, 0.3) is 5.56 Å². The fourth-order valence-electron chi connectivity index (χ4n) is 5.18. The molecule has 0 fully saturated rings. The summed E-state index contributed by atoms with van der Waals surface area (Å²) in [5.41, 5.74) is 1.69. The minimum Gasteiger partial charge on any atom is -0.497 e. The maximum Gasteiger partial charge on any atom is 0.338 e. The van der Waals surface area contributed by atoms with Crippen molar-refractivity contribution >= 4 is 41.0 Å². The summed E-state index contributed by atoms with van der Waals surface area (Å²) in [5.74, 6) is 0.619. The maximum absolute atomic E-state index is 14.2. The molecule has 12 heteroatoms. The van der Waals surface area contributed by atoms with Crippen LogP contribution in [0.25, 0.3) is 17.4 Å². The molecule has 0 unspecified atom stereocenters. The number of carbonyl (C=O) groups is 2. The molecule has 1 aliphatic rings. The van der Waals surface area contributed by atoms with Gasteiger partial charge in [0.1, 0.15) is 29.1 Å². The summed E-state index contributed by atoms with van der Waals surface area (Å²) in [7, 11) is 4.36. The van der Waals surface area contributed by atoms with Crippen LogP contribution in [-0.4, -0.2) is 44.4 Å². The summed E-state index contributed by atoms with van der Waals surface area (Å²) in [4.78, 5) is 45.2. The Labute approximate surface area is 267 Å². The van der Waals surface area contributed by atoms with Gasteiger partial charge in [-0.25, -0.2) is 14.6 Å². The van der Waals surface area contributed by atoms with Crippen LogP contribution in [-0.2, 0) is 14.3 Å². The first-order valence-corrected chi connectivity index (χ1v) is 15.4. The maximum atomic E-state index is 14.2. The number of nitrogens with zero attached hydrogens (tertiary/aromatic N) is 2. The molecule has 0 N–H and O–H groups in total. The molecule has 0 amide bonds. The Morgan fingerprint density at radius 3 is 2.53 bits per heavy atom. The van der Waals surface area contributed by atoms with E-state index in [1.54, 1.807) is 61.5 Å². The molecule has 5 rings (SSSR count). The van der Waals surface area contributed by atoms with E-state index in [1.807, 2.05) is 6.92 Å². The minimum absolute atomic E-state index is 0.152. The average molecular weight is 651 g/mol. The molecule has 0 bridgehead atoms. The van der Waals surface area contributed by atoms with Gasteiger partial charge in [-0.3, -0.25) is 9.36 Å². The lowest BCUT2D eigenvalue weighted by Gasteiger charge is -2.27. The van der Waals surface area contributed by atoms with Gasteiger partial charge in [0.05, 0.1) is 49.3 Å². The lowest BCUT2D eigenvalue weighted by molar-refractivity contribution is -0.139. The zero-order valence-electron chi connectivity index (χ0n) is 25.3. The van der Waals surface area contributed by atoms with Crippen molar-refractivity contribution in [2.45, 2.75) is 32.7 Å². The van der Waals surface area contributed by atoms with Crippen molar-refractivity contribution < 1.29 is 33.0 Å². The second-order valence-electron chi connectivity index (χ2n) is 9.90. The van der Waals surface area contributed by atoms with Gasteiger partial charge in [-0.05, 0) is 61.9 Å². The van der Waals surface area contributed by atoms with Crippen LogP contribution >= 0.6 is 22.9 Å². The molecule has 2 aromatic heterocycles. The first kappa shape index (κ1) is 31.8. The normalized spacial score (nSPS) is 14.5. The molecule has 2 aromatic carbocycles. The first-order valence-electron chi connectivity index (χ1n) is 14.2. The highest BCUT2D eigenvalue weighted by molar-refractivity contribution is 7.07. The van der Waals surface area contributed by atoms with Crippen molar-refractivity contribution in [3.8, 4) is 22.8 Å². The van der Waals surface area contributed by atoms with Crippen molar-refractivity contribution in [2.24, 2.45) is 4.99 Å². The number of hydrogen-bond acceptors (Lipinski definition) is 10. The number of carbonyl (C=O) groups excluding carboxylic acids is 2. The predicted octanol–water partition coefficient (Wildman–Crippen LogP) is 5.30. The van der Waals surface area contributed by atoms with E-state index in [0.29, 0.717) is 67.0 Å². The smallest absolute Gasteiger partial charge is 0.338 e. The highest BCUT2D eigenvalue weighted by Crippen LogP contribution is 2.39. The number of esters is 2. The summed E-state index contributed by atoms with van der Waals surface area (Å²) in [5, 5.41) is 0.414. The van der Waals surface area contributed by atoms with Gasteiger partial charge in [-0.15, -0.1) is 0 Å². The van der Waals surface area contributed by atoms with E-state index in [4.69, 9.17) is 40.0 Å². The molecule has 3 heterocycles. The Kier molecular flexibility index (Phi) is 9.60. The number of thiazole rings is 1. The van der Waals surface area contributed by atoms with Gasteiger partial charge in [0, 0.05) is 22.2 Å². The van der Waals surface area contributed by atoms with Crippen molar-refractivity contribution in [1.82, 2.24) is 4.57 Å². The number of ether oxygens (including phenoxy) is 4. The quantitative estimate of drug-likeness (QED) is 0.212. The number of hydrogen-bond donors (Lipinski definition) is 0. The molecule has 1 aliphatic heterocycles. The summed E-state index contributed by atoms with van der Waals surface area (Å²) < 4.78 is 29.4. The number of furan rings is 1. The van der Waals surface area contributed by atoms with E-state index in [0.717, 1.165) is 0 Å². The van der Waals surface area contributed by atoms with Crippen molar-refractivity contribution in [3.63, 3.8) is 0 Å². The number of rotatable bonds is 10. The van der Waals surface area contributed by atoms with Crippen LogP contribution in [0.5, 0.6) is 11.5 Å². The Morgan fingerprint density at radius 1 is 1.04 bits per heavy atom. The van der Waals surface area contributed by atoms with Crippen LogP contribution in [0.4, 0.5) is 0 Å². The van der Waals surface area contributed by atoms with Crippen molar-refractivity contribution in [2.75, 3.05) is 27.9 Å². The van der Waals surface area contributed by atoms with Gasteiger partial charge < -0.3 is 23.4 Å². The minimum atomic E-state index is -0.893. The average Bonchev–Trinajstić information content (AvgIpc) is 3.63. The van der Waals surface area contributed by atoms with Crippen molar-refractivity contribution in [3.05, 3.63) is 101 Å². The lowest BCUT2D eigenvalue weighted by atomic mass is 9.93. The van der Waals surface area contributed by atoms with E-state index in [9.17, 15) is 14.4 Å². The van der Waals surface area contributed by atoms with E-state index >= 15 is 0 Å². The molecule has 45 heavy (non-hydrogen) atoms. The zero-order chi connectivity index (χ0) is 32.2. The number of halogens is 1. The van der Waals surface area contributed by atoms with Crippen LogP contribution < -0.4 is 24.4 Å². The number of aromatic nitrogens is 1. The molecule has 234 valence electrons. The Hall–Kier alpha value is -4.61. The topological polar surface area (TPSA) is 119 Å². The SMILES string of the molecule is CCCC1=C(C(=O)OCC)[C@@H](c2cc(OC)ccc2OC)n2c(s/c(=C\c3ccc(-c4cc(Cl)ccc4C(=O)OC)o3)c2=O)=N1. The molecule has 0 spiro atoms. The van der Waals surface area contributed by atoms with Crippen LogP contribution in [0.3, 0.4) is 0 Å². The number of methoxy groups -OCH3 is 3. The van der Waals surface area contributed by atoms with E-state index in [-0.39, 0.29) is 23.3 Å². The largest absolute Gasteiger partial charge is 0.497 e. The molecule has 0 saturated carbocycles. The third-order valence-corrected chi connectivity index (χ3v) is 8.39. The first-order chi connectivity index (χ1) is 21.7. The Bertz CT molecular complexity index is 1990. The molecule has 4 aromatic rings. The molecular formula is C33H31ClN2O8S. The monoisotopic (exact) mass is 650 g/mol. The third-order valence-electron chi connectivity index (χ3n) is 7.18. The van der Waals surface area contributed by atoms with Crippen LogP contribution in [0, 0.1) is 0 Å². The van der Waals surface area contributed by atoms with Crippen LogP contribution in [0.15, 0.2) is 74.0 Å². The fourth-order valence-corrected chi connectivity index (χ4v) is 6.35. The Balaban J connectivity index is 1.71. The van der Waals surface area contributed by atoms with Crippen LogP contribution in [0.1, 0.15) is 54.4 Å². The highest BCUT2D eigenvalue weighted by atomic mass is 35.5. The third kappa shape index (κ3) is 6.18. The van der Waals surface area contributed by atoms with Crippen molar-refractivity contribution in [1.29, 1.82) is 0 Å². The predicted molar refractivity (Wildman–Crippen MR) is 170 cm³/mol. The van der Waals surface area contributed by atoms with Crippen LogP contribution in [0.2, 0.25) is 5.02 Å². The second-order valence-corrected chi connectivity index (χ2v) is 11.4. The summed E-state index contributed by atoms with van der Waals surface area (Å²) in [6, 6.07) is 12.5. The molecule has 0 aliphatic carbocycles. The van der Waals surface area contributed by atoms with Gasteiger partial charge in [0.15, 0.2) is 4.80 Å².